The van der Waals surface area contributed by atoms with E-state index in [4.69, 9.17) is 9.97 Å². The number of aromatic nitrogens is 2. The Bertz CT molecular complexity index is 712. The van der Waals surface area contributed by atoms with Crippen molar-refractivity contribution in [2.75, 3.05) is 29.4 Å². The van der Waals surface area contributed by atoms with Gasteiger partial charge in [0.15, 0.2) is 0 Å². The number of hydrogen-bond donors (Lipinski definition) is 0. The molecule has 1 fully saturated rings. The molecular weight excluding hydrogens is 284 g/mol. The number of fused-ring (bicyclic) bond motifs is 1. The van der Waals surface area contributed by atoms with Crippen LogP contribution in [0.1, 0.15) is 31.2 Å². The van der Waals surface area contributed by atoms with E-state index in [-0.39, 0.29) is 0 Å². The third kappa shape index (κ3) is 2.78. The molecule has 0 N–H and O–H groups in total. The van der Waals surface area contributed by atoms with Gasteiger partial charge in [-0.3, -0.25) is 0 Å². The van der Waals surface area contributed by atoms with Crippen LogP contribution in [0.2, 0.25) is 0 Å². The summed E-state index contributed by atoms with van der Waals surface area (Å²) < 4.78 is 0. The molecule has 1 unspecified atom stereocenters. The van der Waals surface area contributed by atoms with Crippen LogP contribution in [0.15, 0.2) is 30.3 Å². The van der Waals surface area contributed by atoms with Gasteiger partial charge in [-0.15, -0.1) is 0 Å². The fourth-order valence-electron chi connectivity index (χ4n) is 3.81. The predicted octanol–water partition coefficient (Wildman–Crippen LogP) is 3.72. The van der Waals surface area contributed by atoms with E-state index in [9.17, 15) is 0 Å². The third-order valence-electron chi connectivity index (χ3n) is 4.96. The number of anilines is 3. The molecule has 3 heterocycles. The summed E-state index contributed by atoms with van der Waals surface area (Å²) in [5.41, 5.74) is 2.71. The average molecular weight is 308 g/mol. The minimum absolute atomic E-state index is 0.745. The molecule has 0 radical (unpaired) electrons. The van der Waals surface area contributed by atoms with Crippen molar-refractivity contribution in [2.24, 2.45) is 5.92 Å². The second kappa shape index (κ2) is 5.84. The molecule has 4 nitrogen and oxygen atoms in total. The van der Waals surface area contributed by atoms with E-state index in [1.807, 2.05) is 6.92 Å². The Morgan fingerprint density at radius 2 is 1.91 bits per heavy atom. The van der Waals surface area contributed by atoms with Gasteiger partial charge in [0.05, 0.1) is 0 Å². The summed E-state index contributed by atoms with van der Waals surface area (Å²) in [6.07, 6.45) is 3.67. The highest BCUT2D eigenvalue weighted by Gasteiger charge is 2.23. The molecule has 0 bridgehead atoms. The minimum atomic E-state index is 0.745. The van der Waals surface area contributed by atoms with Gasteiger partial charge in [0.1, 0.15) is 17.5 Å². The zero-order valence-electron chi connectivity index (χ0n) is 14.0. The molecule has 1 aromatic carbocycles. The molecular formula is C19H24N4. The molecule has 0 aliphatic carbocycles. The van der Waals surface area contributed by atoms with Gasteiger partial charge in [0.2, 0.25) is 0 Å². The second-order valence-corrected chi connectivity index (χ2v) is 6.86. The normalized spacial score (nSPS) is 20.7. The Morgan fingerprint density at radius 1 is 1.09 bits per heavy atom. The van der Waals surface area contributed by atoms with Crippen LogP contribution in [0.5, 0.6) is 0 Å². The molecule has 1 atom stereocenters. The number of para-hydroxylation sites is 1. The van der Waals surface area contributed by atoms with Crippen LogP contribution < -0.4 is 9.80 Å². The van der Waals surface area contributed by atoms with E-state index in [1.54, 1.807) is 0 Å². The van der Waals surface area contributed by atoms with E-state index in [0.29, 0.717) is 0 Å². The van der Waals surface area contributed by atoms with Gasteiger partial charge in [0, 0.05) is 31.4 Å². The number of rotatable bonds is 2. The maximum atomic E-state index is 4.72. The molecule has 0 spiro atoms. The first-order valence-corrected chi connectivity index (χ1v) is 8.67. The molecule has 23 heavy (non-hydrogen) atoms. The van der Waals surface area contributed by atoms with Crippen LogP contribution in [-0.2, 0) is 6.42 Å². The smallest absolute Gasteiger partial charge is 0.138 e. The highest BCUT2D eigenvalue weighted by Crippen LogP contribution is 2.34. The summed E-state index contributed by atoms with van der Waals surface area (Å²) in [6, 6.07) is 10.8. The number of benzene rings is 1. The van der Waals surface area contributed by atoms with Crippen LogP contribution in [0.3, 0.4) is 0 Å². The number of hydrogen-bond acceptors (Lipinski definition) is 4. The molecule has 2 aliphatic rings. The Labute approximate surface area is 138 Å². The van der Waals surface area contributed by atoms with Crippen LogP contribution in [0, 0.1) is 12.8 Å². The van der Waals surface area contributed by atoms with Gasteiger partial charge in [0.25, 0.3) is 0 Å². The summed E-state index contributed by atoms with van der Waals surface area (Å²) in [4.78, 5) is 14.2. The van der Waals surface area contributed by atoms with Crippen LogP contribution in [0.25, 0.3) is 0 Å². The maximum Gasteiger partial charge on any atom is 0.138 e. The fraction of sp³-hybridized carbons (Fsp3) is 0.474. The van der Waals surface area contributed by atoms with E-state index in [1.165, 1.54) is 24.1 Å². The van der Waals surface area contributed by atoms with Crippen LogP contribution in [0.4, 0.5) is 17.3 Å². The van der Waals surface area contributed by atoms with Crippen molar-refractivity contribution < 1.29 is 0 Å². The zero-order valence-corrected chi connectivity index (χ0v) is 14.0. The van der Waals surface area contributed by atoms with E-state index < -0.39 is 0 Å². The van der Waals surface area contributed by atoms with Gasteiger partial charge >= 0.3 is 0 Å². The van der Waals surface area contributed by atoms with Crippen molar-refractivity contribution >= 4 is 17.3 Å². The average Bonchev–Trinajstić information content (AvgIpc) is 2.98. The second-order valence-electron chi connectivity index (χ2n) is 6.86. The Morgan fingerprint density at radius 3 is 2.78 bits per heavy atom. The summed E-state index contributed by atoms with van der Waals surface area (Å²) in [5.74, 6) is 3.73. The highest BCUT2D eigenvalue weighted by molar-refractivity contribution is 5.69. The van der Waals surface area contributed by atoms with Gasteiger partial charge in [-0.1, -0.05) is 25.1 Å². The largest absolute Gasteiger partial charge is 0.356 e. The topological polar surface area (TPSA) is 32.3 Å². The molecule has 1 saturated heterocycles. The number of aryl methyl sites for hydroxylation is 1. The summed E-state index contributed by atoms with van der Waals surface area (Å²) in [7, 11) is 0. The maximum absolute atomic E-state index is 4.72. The van der Waals surface area contributed by atoms with Gasteiger partial charge in [-0.05, 0) is 43.7 Å². The zero-order chi connectivity index (χ0) is 15.8. The monoisotopic (exact) mass is 308 g/mol. The Kier molecular flexibility index (Phi) is 3.68. The third-order valence-corrected chi connectivity index (χ3v) is 4.96. The van der Waals surface area contributed by atoms with E-state index in [2.05, 4.69) is 47.1 Å². The Hall–Kier alpha value is -2.10. The molecule has 0 amide bonds. The van der Waals surface area contributed by atoms with Crippen LogP contribution in [-0.4, -0.2) is 29.6 Å². The lowest BCUT2D eigenvalue weighted by Gasteiger charge is -2.32. The van der Waals surface area contributed by atoms with Gasteiger partial charge in [-0.2, -0.15) is 0 Å². The lowest BCUT2D eigenvalue weighted by atomic mass is 10.0. The highest BCUT2D eigenvalue weighted by atomic mass is 15.3. The molecule has 2 aromatic rings. The molecule has 2 aliphatic heterocycles. The van der Waals surface area contributed by atoms with Crippen molar-refractivity contribution in [3.8, 4) is 0 Å². The summed E-state index contributed by atoms with van der Waals surface area (Å²) >= 11 is 0. The lowest BCUT2D eigenvalue weighted by Crippen LogP contribution is -2.35. The minimum Gasteiger partial charge on any atom is -0.356 e. The SMILES string of the molecule is Cc1nc(N2CCCC(C)C2)cc(N2CCc3ccccc32)n1. The number of piperidine rings is 1. The molecule has 120 valence electrons. The van der Waals surface area contributed by atoms with E-state index >= 15 is 0 Å². The first-order valence-electron chi connectivity index (χ1n) is 8.67. The van der Waals surface area contributed by atoms with Crippen molar-refractivity contribution in [2.45, 2.75) is 33.1 Å². The molecule has 0 saturated carbocycles. The van der Waals surface area contributed by atoms with Crippen LogP contribution >= 0.6 is 0 Å². The summed E-state index contributed by atoms with van der Waals surface area (Å²) in [6.45, 7) is 7.55. The number of nitrogens with zero attached hydrogens (tertiary/aromatic N) is 4. The van der Waals surface area contributed by atoms with E-state index in [0.717, 1.165) is 49.4 Å². The quantitative estimate of drug-likeness (QED) is 0.846. The fourth-order valence-corrected chi connectivity index (χ4v) is 3.81. The van der Waals surface area contributed by atoms with Crippen molar-refractivity contribution in [3.63, 3.8) is 0 Å². The molecule has 4 rings (SSSR count). The molecule has 1 aromatic heterocycles. The van der Waals surface area contributed by atoms with Gasteiger partial charge in [-0.25, -0.2) is 9.97 Å². The standard InChI is InChI=1S/C19H24N4/c1-14-6-5-10-22(13-14)18-12-19(21-15(2)20-18)23-11-9-16-7-3-4-8-17(16)23/h3-4,7-8,12,14H,5-6,9-11,13H2,1-2H3. The van der Waals surface area contributed by atoms with Gasteiger partial charge < -0.3 is 9.80 Å². The first-order chi connectivity index (χ1) is 11.2. The summed E-state index contributed by atoms with van der Waals surface area (Å²) in [5, 5.41) is 0. The van der Waals surface area contributed by atoms with Crippen molar-refractivity contribution in [1.82, 2.24) is 9.97 Å². The van der Waals surface area contributed by atoms with Crippen molar-refractivity contribution in [3.05, 3.63) is 41.7 Å². The first kappa shape index (κ1) is 14.5. The predicted molar refractivity (Wildman–Crippen MR) is 94.5 cm³/mol. The Balaban J connectivity index is 1.68. The molecule has 4 heteroatoms. The van der Waals surface area contributed by atoms with Crippen molar-refractivity contribution in [1.29, 1.82) is 0 Å². The lowest BCUT2D eigenvalue weighted by molar-refractivity contribution is 0.444.